The Kier molecular flexibility index (Phi) is 6.84. The Morgan fingerprint density at radius 2 is 1.95 bits per heavy atom. The van der Waals surface area contributed by atoms with Gasteiger partial charge in [-0.2, -0.15) is 0 Å². The second kappa shape index (κ2) is 7.88. The lowest BCUT2D eigenvalue weighted by atomic mass is 9.83. The molecule has 0 saturated carbocycles. The smallest absolute Gasteiger partial charge is 0.0499 e. The Balaban J connectivity index is 2.72. The molecule has 0 radical (unpaired) electrons. The monoisotopic (exact) mass is 283 g/mol. The second-order valence-electron chi connectivity index (χ2n) is 5.26. The van der Waals surface area contributed by atoms with Gasteiger partial charge in [-0.1, -0.05) is 44.5 Å². The molecule has 19 heavy (non-hydrogen) atoms. The Labute approximate surface area is 122 Å². The van der Waals surface area contributed by atoms with Gasteiger partial charge in [-0.05, 0) is 37.0 Å². The standard InChI is InChI=1S/C16H26ClNO/c1-4-15(13-8-7-9-14(17)10-13)18-11-16(5-2,6-3)12-19/h7-10,15,18-19H,4-6,11-12H2,1-3H3. The van der Waals surface area contributed by atoms with E-state index in [0.29, 0.717) is 6.04 Å². The zero-order valence-corrected chi connectivity index (χ0v) is 13.0. The molecule has 0 bridgehead atoms. The van der Waals surface area contributed by atoms with Crippen molar-refractivity contribution in [3.63, 3.8) is 0 Å². The Morgan fingerprint density at radius 3 is 2.42 bits per heavy atom. The zero-order valence-electron chi connectivity index (χ0n) is 12.2. The number of aliphatic hydroxyl groups is 1. The molecule has 0 aliphatic heterocycles. The van der Waals surface area contributed by atoms with Crippen molar-refractivity contribution in [2.24, 2.45) is 5.41 Å². The molecule has 108 valence electrons. The van der Waals surface area contributed by atoms with E-state index in [4.69, 9.17) is 11.6 Å². The van der Waals surface area contributed by atoms with Gasteiger partial charge in [0.25, 0.3) is 0 Å². The molecule has 0 heterocycles. The number of rotatable bonds is 8. The van der Waals surface area contributed by atoms with Crippen molar-refractivity contribution in [2.45, 2.75) is 46.1 Å². The highest BCUT2D eigenvalue weighted by Gasteiger charge is 2.26. The van der Waals surface area contributed by atoms with E-state index in [0.717, 1.165) is 30.8 Å². The fourth-order valence-corrected chi connectivity index (χ4v) is 2.54. The molecular formula is C16H26ClNO. The van der Waals surface area contributed by atoms with E-state index in [-0.39, 0.29) is 12.0 Å². The molecule has 3 heteroatoms. The van der Waals surface area contributed by atoms with E-state index in [1.54, 1.807) is 0 Å². The van der Waals surface area contributed by atoms with E-state index in [1.165, 1.54) is 5.56 Å². The molecule has 1 aromatic rings. The first-order chi connectivity index (χ1) is 9.10. The van der Waals surface area contributed by atoms with Crippen molar-refractivity contribution in [2.75, 3.05) is 13.2 Å². The summed E-state index contributed by atoms with van der Waals surface area (Å²) in [6, 6.07) is 8.30. The van der Waals surface area contributed by atoms with Gasteiger partial charge in [0, 0.05) is 29.6 Å². The fraction of sp³-hybridized carbons (Fsp3) is 0.625. The summed E-state index contributed by atoms with van der Waals surface area (Å²) in [6.45, 7) is 7.51. The largest absolute Gasteiger partial charge is 0.396 e. The molecule has 1 unspecified atom stereocenters. The molecule has 0 amide bonds. The van der Waals surface area contributed by atoms with E-state index in [9.17, 15) is 5.11 Å². The highest BCUT2D eigenvalue weighted by atomic mass is 35.5. The zero-order chi connectivity index (χ0) is 14.3. The van der Waals surface area contributed by atoms with Crippen LogP contribution < -0.4 is 5.32 Å². The Morgan fingerprint density at radius 1 is 1.26 bits per heavy atom. The number of benzene rings is 1. The van der Waals surface area contributed by atoms with Crippen LogP contribution in [0.2, 0.25) is 5.02 Å². The van der Waals surface area contributed by atoms with E-state index >= 15 is 0 Å². The third-order valence-corrected chi connectivity index (χ3v) is 4.45. The molecule has 0 aromatic heterocycles. The highest BCUT2D eigenvalue weighted by molar-refractivity contribution is 6.30. The van der Waals surface area contributed by atoms with Crippen LogP contribution in [-0.4, -0.2) is 18.3 Å². The van der Waals surface area contributed by atoms with Gasteiger partial charge in [-0.15, -0.1) is 0 Å². The quantitative estimate of drug-likeness (QED) is 0.750. The molecule has 0 fully saturated rings. The first-order valence-electron chi connectivity index (χ1n) is 7.20. The summed E-state index contributed by atoms with van der Waals surface area (Å²) in [6.07, 6.45) is 2.98. The number of hydrogen-bond donors (Lipinski definition) is 2. The summed E-state index contributed by atoms with van der Waals surface area (Å²) < 4.78 is 0. The molecular weight excluding hydrogens is 258 g/mol. The average molecular weight is 284 g/mol. The summed E-state index contributed by atoms with van der Waals surface area (Å²) >= 11 is 6.05. The number of hydrogen-bond acceptors (Lipinski definition) is 2. The molecule has 2 nitrogen and oxygen atoms in total. The second-order valence-corrected chi connectivity index (χ2v) is 5.70. The lowest BCUT2D eigenvalue weighted by Gasteiger charge is -2.32. The third kappa shape index (κ3) is 4.48. The van der Waals surface area contributed by atoms with Gasteiger partial charge in [0.05, 0.1) is 0 Å². The molecule has 2 N–H and O–H groups in total. The van der Waals surface area contributed by atoms with Crippen LogP contribution in [0.25, 0.3) is 0 Å². The van der Waals surface area contributed by atoms with E-state index in [2.05, 4.69) is 32.2 Å². The summed E-state index contributed by atoms with van der Waals surface area (Å²) in [5.74, 6) is 0. The molecule has 0 aliphatic rings. The molecule has 1 atom stereocenters. The average Bonchev–Trinajstić information content (AvgIpc) is 2.44. The first kappa shape index (κ1) is 16.5. The van der Waals surface area contributed by atoms with Crippen LogP contribution in [0.1, 0.15) is 51.6 Å². The van der Waals surface area contributed by atoms with Crippen molar-refractivity contribution >= 4 is 11.6 Å². The maximum absolute atomic E-state index is 9.62. The van der Waals surface area contributed by atoms with Crippen LogP contribution in [0.5, 0.6) is 0 Å². The van der Waals surface area contributed by atoms with Gasteiger partial charge in [-0.3, -0.25) is 0 Å². The predicted octanol–water partition coefficient (Wildman–Crippen LogP) is 4.18. The van der Waals surface area contributed by atoms with Gasteiger partial charge in [0.1, 0.15) is 0 Å². The number of aliphatic hydroxyl groups excluding tert-OH is 1. The van der Waals surface area contributed by atoms with E-state index in [1.807, 2.05) is 18.2 Å². The van der Waals surface area contributed by atoms with Crippen LogP contribution in [0.3, 0.4) is 0 Å². The highest BCUT2D eigenvalue weighted by Crippen LogP contribution is 2.27. The predicted molar refractivity (Wildman–Crippen MR) is 82.6 cm³/mol. The first-order valence-corrected chi connectivity index (χ1v) is 7.58. The maximum atomic E-state index is 9.62. The van der Waals surface area contributed by atoms with Crippen molar-refractivity contribution in [3.05, 3.63) is 34.9 Å². The van der Waals surface area contributed by atoms with Crippen LogP contribution in [0.15, 0.2) is 24.3 Å². The minimum absolute atomic E-state index is 0.00794. The van der Waals surface area contributed by atoms with E-state index < -0.39 is 0 Å². The fourth-order valence-electron chi connectivity index (χ4n) is 2.34. The minimum Gasteiger partial charge on any atom is -0.396 e. The van der Waals surface area contributed by atoms with Crippen molar-refractivity contribution < 1.29 is 5.11 Å². The Bertz CT molecular complexity index is 369. The molecule has 1 aromatic carbocycles. The topological polar surface area (TPSA) is 32.3 Å². The summed E-state index contributed by atoms with van der Waals surface area (Å²) in [5, 5.41) is 14.0. The lowest BCUT2D eigenvalue weighted by molar-refractivity contribution is 0.109. The van der Waals surface area contributed by atoms with Crippen LogP contribution in [0.4, 0.5) is 0 Å². The summed E-state index contributed by atoms with van der Waals surface area (Å²) in [5.41, 5.74) is 1.21. The summed E-state index contributed by atoms with van der Waals surface area (Å²) in [7, 11) is 0. The number of halogens is 1. The SMILES string of the molecule is CCC(NCC(CC)(CC)CO)c1cccc(Cl)c1. The van der Waals surface area contributed by atoms with Crippen LogP contribution in [0, 0.1) is 5.41 Å². The van der Waals surface area contributed by atoms with Crippen molar-refractivity contribution in [1.29, 1.82) is 0 Å². The molecule has 0 spiro atoms. The minimum atomic E-state index is -0.00794. The van der Waals surface area contributed by atoms with Crippen LogP contribution >= 0.6 is 11.6 Å². The van der Waals surface area contributed by atoms with Gasteiger partial charge < -0.3 is 10.4 Å². The van der Waals surface area contributed by atoms with Gasteiger partial charge >= 0.3 is 0 Å². The van der Waals surface area contributed by atoms with Gasteiger partial charge in [-0.25, -0.2) is 0 Å². The Hall–Kier alpha value is -0.570. The van der Waals surface area contributed by atoms with Crippen molar-refractivity contribution in [1.82, 2.24) is 5.32 Å². The molecule has 1 rings (SSSR count). The lowest BCUT2D eigenvalue weighted by Crippen LogP contribution is -2.38. The summed E-state index contributed by atoms with van der Waals surface area (Å²) in [4.78, 5) is 0. The van der Waals surface area contributed by atoms with Gasteiger partial charge in [0.2, 0.25) is 0 Å². The van der Waals surface area contributed by atoms with Crippen molar-refractivity contribution in [3.8, 4) is 0 Å². The third-order valence-electron chi connectivity index (χ3n) is 4.22. The van der Waals surface area contributed by atoms with Crippen LogP contribution in [-0.2, 0) is 0 Å². The molecule has 0 aliphatic carbocycles. The normalized spacial score (nSPS) is 13.5. The molecule has 0 saturated heterocycles. The number of nitrogens with one attached hydrogen (secondary N) is 1. The van der Waals surface area contributed by atoms with Gasteiger partial charge in [0.15, 0.2) is 0 Å². The maximum Gasteiger partial charge on any atom is 0.0499 e.